The topological polar surface area (TPSA) is 56.2 Å². The van der Waals surface area contributed by atoms with Crippen LogP contribution in [0.15, 0.2) is 36.4 Å². The Morgan fingerprint density at radius 1 is 1.07 bits per heavy atom. The average Bonchev–Trinajstić information content (AvgIpc) is 2.71. The second kappa shape index (κ2) is 10.3. The Kier molecular flexibility index (Phi) is 7.74. The van der Waals surface area contributed by atoms with Gasteiger partial charge in [-0.3, -0.25) is 9.80 Å². The van der Waals surface area contributed by atoms with Crippen LogP contribution >= 0.6 is 0 Å². The fourth-order valence-corrected chi connectivity index (χ4v) is 3.60. The van der Waals surface area contributed by atoms with Gasteiger partial charge in [-0.2, -0.15) is 0 Å². The number of nitrogens with zero attached hydrogens (tertiary/aromatic N) is 2. The van der Waals surface area contributed by atoms with E-state index >= 15 is 0 Å². The lowest BCUT2D eigenvalue weighted by molar-refractivity contribution is 0.0429. The monoisotopic (exact) mass is 410 g/mol. The van der Waals surface area contributed by atoms with E-state index in [1.54, 1.807) is 0 Å². The Morgan fingerprint density at radius 2 is 1.77 bits per heavy atom. The number of rotatable bonds is 7. The van der Waals surface area contributed by atoms with Crippen LogP contribution in [0.4, 0.5) is 0 Å². The zero-order valence-electron chi connectivity index (χ0n) is 18.4. The third-order valence-electron chi connectivity index (χ3n) is 5.20. The van der Waals surface area contributed by atoms with Crippen LogP contribution in [0.2, 0.25) is 0 Å². The second-order valence-corrected chi connectivity index (χ2v) is 9.02. The molecule has 0 saturated carbocycles. The lowest BCUT2D eigenvalue weighted by Gasteiger charge is -2.35. The van der Waals surface area contributed by atoms with Crippen LogP contribution < -0.4 is 4.74 Å². The predicted molar refractivity (Wildman–Crippen MR) is 122 cm³/mol. The summed E-state index contributed by atoms with van der Waals surface area (Å²) < 4.78 is 5.96. The third kappa shape index (κ3) is 6.72. The molecule has 1 saturated heterocycles. The molecule has 5 nitrogen and oxygen atoms in total. The fraction of sp³-hybridized carbons (Fsp3) is 0.520. The first-order chi connectivity index (χ1) is 14.3. The van der Waals surface area contributed by atoms with Gasteiger partial charge in [0, 0.05) is 50.2 Å². The highest BCUT2D eigenvalue weighted by molar-refractivity contribution is 5.89. The Morgan fingerprint density at radius 3 is 2.47 bits per heavy atom. The lowest BCUT2D eigenvalue weighted by Crippen LogP contribution is -2.49. The summed E-state index contributed by atoms with van der Waals surface area (Å²) >= 11 is 0. The van der Waals surface area contributed by atoms with E-state index in [9.17, 15) is 5.11 Å². The molecule has 1 unspecified atom stereocenters. The van der Waals surface area contributed by atoms with E-state index in [1.807, 2.05) is 24.3 Å². The van der Waals surface area contributed by atoms with Gasteiger partial charge in [0.2, 0.25) is 0 Å². The Labute approximate surface area is 180 Å². The molecule has 0 amide bonds. The number of β-amino-alcohol motifs (C(OH)–C–C–N with tert-alkyl or cyclic N) is 2. The molecule has 1 fully saturated rings. The number of hydrogen-bond donors (Lipinski definition) is 2. The van der Waals surface area contributed by atoms with Gasteiger partial charge in [-0.15, -0.1) is 0 Å². The zero-order chi connectivity index (χ0) is 21.6. The molecule has 0 aromatic heterocycles. The third-order valence-corrected chi connectivity index (χ3v) is 5.20. The number of ether oxygens (including phenoxy) is 1. The summed E-state index contributed by atoms with van der Waals surface area (Å²) in [5, 5.41) is 21.7. The molecule has 0 aliphatic carbocycles. The summed E-state index contributed by atoms with van der Waals surface area (Å²) in [5.74, 6) is 7.36. The van der Waals surface area contributed by atoms with E-state index in [0.29, 0.717) is 6.54 Å². The normalized spacial score (nSPS) is 16.8. The van der Waals surface area contributed by atoms with Crippen molar-refractivity contribution in [3.05, 3.63) is 42.0 Å². The van der Waals surface area contributed by atoms with E-state index in [2.05, 4.69) is 54.5 Å². The van der Waals surface area contributed by atoms with Crippen LogP contribution in [0.5, 0.6) is 5.75 Å². The largest absolute Gasteiger partial charge is 0.491 e. The molecule has 2 aromatic carbocycles. The van der Waals surface area contributed by atoms with Gasteiger partial charge >= 0.3 is 0 Å². The van der Waals surface area contributed by atoms with Crippen LogP contribution in [0.1, 0.15) is 26.3 Å². The molecule has 2 aromatic rings. The molecular formula is C25H34N2O3. The van der Waals surface area contributed by atoms with Gasteiger partial charge in [-0.1, -0.05) is 36.1 Å². The van der Waals surface area contributed by atoms with Gasteiger partial charge in [0.1, 0.15) is 18.5 Å². The minimum atomic E-state index is -0.551. The lowest BCUT2D eigenvalue weighted by atomic mass is 9.96. The maximum Gasteiger partial charge on any atom is 0.121 e. The van der Waals surface area contributed by atoms with E-state index in [4.69, 9.17) is 9.84 Å². The standard InChI is InChI=1S/C25H34N2O3/c1-25(2,3)9-8-21-17-23(16-20-6-4-5-7-24(20)21)30-19-22(29)18-27-12-10-26(11-13-27)14-15-28/h4-7,16-17,22,28-29H,10-15,18-19H2,1-3H3. The number of hydrogen-bond acceptors (Lipinski definition) is 5. The van der Waals surface area contributed by atoms with Crippen molar-refractivity contribution < 1.29 is 14.9 Å². The molecule has 1 heterocycles. The molecule has 1 aliphatic rings. The maximum absolute atomic E-state index is 10.5. The quantitative estimate of drug-likeness (QED) is 0.687. The highest BCUT2D eigenvalue weighted by atomic mass is 16.5. The summed E-state index contributed by atoms with van der Waals surface area (Å²) in [7, 11) is 0. The minimum Gasteiger partial charge on any atom is -0.491 e. The number of fused-ring (bicyclic) bond motifs is 1. The fourth-order valence-electron chi connectivity index (χ4n) is 3.60. The zero-order valence-corrected chi connectivity index (χ0v) is 18.4. The molecule has 5 heteroatoms. The van der Waals surface area contributed by atoms with Crippen LogP contribution in [0, 0.1) is 17.3 Å². The number of piperazine rings is 1. The molecular weight excluding hydrogens is 376 g/mol. The van der Waals surface area contributed by atoms with Crippen LogP contribution in [-0.2, 0) is 0 Å². The number of aliphatic hydroxyl groups is 2. The molecule has 0 spiro atoms. The van der Waals surface area contributed by atoms with Crippen molar-refractivity contribution in [2.24, 2.45) is 5.41 Å². The van der Waals surface area contributed by atoms with E-state index < -0.39 is 6.10 Å². The molecule has 0 bridgehead atoms. The predicted octanol–water partition coefficient (Wildman–Crippen LogP) is 2.59. The van der Waals surface area contributed by atoms with Crippen molar-refractivity contribution in [2.75, 3.05) is 52.5 Å². The number of benzene rings is 2. The molecule has 30 heavy (non-hydrogen) atoms. The molecule has 3 rings (SSSR count). The van der Waals surface area contributed by atoms with Crippen molar-refractivity contribution >= 4 is 10.8 Å². The molecule has 2 N–H and O–H groups in total. The Hall–Kier alpha value is -2.10. The van der Waals surface area contributed by atoms with Crippen LogP contribution in [0.25, 0.3) is 10.8 Å². The van der Waals surface area contributed by atoms with Gasteiger partial charge in [-0.05, 0) is 43.7 Å². The van der Waals surface area contributed by atoms with Crippen molar-refractivity contribution in [1.82, 2.24) is 9.80 Å². The molecule has 1 atom stereocenters. The van der Waals surface area contributed by atoms with Crippen molar-refractivity contribution in [1.29, 1.82) is 0 Å². The van der Waals surface area contributed by atoms with Crippen LogP contribution in [0.3, 0.4) is 0 Å². The van der Waals surface area contributed by atoms with Gasteiger partial charge in [-0.25, -0.2) is 0 Å². The SMILES string of the molecule is CC(C)(C)C#Cc1cc(OCC(O)CN2CCN(CCO)CC2)cc2ccccc12. The molecule has 1 aliphatic heterocycles. The maximum atomic E-state index is 10.5. The summed E-state index contributed by atoms with van der Waals surface area (Å²) in [5.41, 5.74) is 0.877. The second-order valence-electron chi connectivity index (χ2n) is 9.02. The average molecular weight is 411 g/mol. The highest BCUT2D eigenvalue weighted by Crippen LogP contribution is 2.25. The minimum absolute atomic E-state index is 0.0740. The summed E-state index contributed by atoms with van der Waals surface area (Å²) in [6, 6.07) is 12.2. The van der Waals surface area contributed by atoms with Gasteiger partial charge in [0.25, 0.3) is 0 Å². The summed E-state index contributed by atoms with van der Waals surface area (Å²) in [6.45, 7) is 11.7. The first kappa shape index (κ1) is 22.6. The first-order valence-corrected chi connectivity index (χ1v) is 10.8. The number of aliphatic hydroxyl groups excluding tert-OH is 2. The summed E-state index contributed by atoms with van der Waals surface area (Å²) in [6.07, 6.45) is -0.551. The van der Waals surface area contributed by atoms with E-state index in [1.165, 1.54) is 0 Å². The van der Waals surface area contributed by atoms with E-state index in [0.717, 1.165) is 54.8 Å². The van der Waals surface area contributed by atoms with Crippen molar-refractivity contribution in [3.8, 4) is 17.6 Å². The van der Waals surface area contributed by atoms with Gasteiger partial charge in [0.15, 0.2) is 0 Å². The van der Waals surface area contributed by atoms with Crippen molar-refractivity contribution in [3.63, 3.8) is 0 Å². The molecule has 162 valence electrons. The van der Waals surface area contributed by atoms with Gasteiger partial charge in [0.05, 0.1) is 6.61 Å². The first-order valence-electron chi connectivity index (χ1n) is 10.8. The van der Waals surface area contributed by atoms with Crippen LogP contribution in [-0.4, -0.2) is 78.6 Å². The molecule has 0 radical (unpaired) electrons. The Bertz CT molecular complexity index is 887. The summed E-state index contributed by atoms with van der Waals surface area (Å²) in [4.78, 5) is 4.50. The van der Waals surface area contributed by atoms with Gasteiger partial charge < -0.3 is 14.9 Å². The Balaban J connectivity index is 1.62. The van der Waals surface area contributed by atoms with E-state index in [-0.39, 0.29) is 18.6 Å². The van der Waals surface area contributed by atoms with Crippen molar-refractivity contribution in [2.45, 2.75) is 26.9 Å². The smallest absolute Gasteiger partial charge is 0.121 e. The highest BCUT2D eigenvalue weighted by Gasteiger charge is 2.19.